The standard InChI is InChI=1S/C16H19N3O2/c1-4-21-15(20)14-10-18-16(19-12(14)3)17-9-13-7-5-6-11(2)8-13/h5-8,10H,4,9H2,1-3H3,(H,17,18,19). The van der Waals surface area contributed by atoms with Crippen LogP contribution in [-0.4, -0.2) is 22.5 Å². The second kappa shape index (κ2) is 6.83. The Morgan fingerprint density at radius 3 is 2.81 bits per heavy atom. The van der Waals surface area contributed by atoms with Gasteiger partial charge in [-0.2, -0.15) is 0 Å². The van der Waals surface area contributed by atoms with Crippen molar-refractivity contribution in [2.24, 2.45) is 0 Å². The molecule has 5 heteroatoms. The monoisotopic (exact) mass is 285 g/mol. The molecule has 0 spiro atoms. The molecule has 1 N–H and O–H groups in total. The van der Waals surface area contributed by atoms with Gasteiger partial charge in [-0.05, 0) is 26.3 Å². The van der Waals surface area contributed by atoms with Crippen molar-refractivity contribution in [3.8, 4) is 0 Å². The third-order valence-electron chi connectivity index (χ3n) is 3.01. The van der Waals surface area contributed by atoms with Gasteiger partial charge in [0.2, 0.25) is 5.95 Å². The highest BCUT2D eigenvalue weighted by Crippen LogP contribution is 2.10. The average molecular weight is 285 g/mol. The molecule has 0 saturated carbocycles. The summed E-state index contributed by atoms with van der Waals surface area (Å²) < 4.78 is 4.95. The van der Waals surface area contributed by atoms with Crippen LogP contribution >= 0.6 is 0 Å². The number of benzene rings is 1. The first-order valence-electron chi connectivity index (χ1n) is 6.90. The maximum absolute atomic E-state index is 11.7. The minimum Gasteiger partial charge on any atom is -0.462 e. The molecule has 0 unspecified atom stereocenters. The Balaban J connectivity index is 2.05. The van der Waals surface area contributed by atoms with E-state index in [1.807, 2.05) is 12.1 Å². The lowest BCUT2D eigenvalue weighted by molar-refractivity contribution is 0.0524. The van der Waals surface area contributed by atoms with Crippen LogP contribution in [0.25, 0.3) is 0 Å². The zero-order valence-electron chi connectivity index (χ0n) is 12.5. The molecule has 0 amide bonds. The number of carbonyl (C=O) groups excluding carboxylic acids is 1. The second-order valence-corrected chi connectivity index (χ2v) is 4.76. The average Bonchev–Trinajstić information content (AvgIpc) is 2.45. The molecule has 0 aliphatic carbocycles. The Hall–Kier alpha value is -2.43. The molecule has 1 heterocycles. The van der Waals surface area contributed by atoms with Crippen molar-refractivity contribution in [3.05, 3.63) is 52.8 Å². The zero-order chi connectivity index (χ0) is 15.2. The van der Waals surface area contributed by atoms with Crippen molar-refractivity contribution < 1.29 is 9.53 Å². The van der Waals surface area contributed by atoms with E-state index < -0.39 is 0 Å². The molecule has 0 radical (unpaired) electrons. The Labute approximate surface area is 124 Å². The topological polar surface area (TPSA) is 64.1 Å². The minimum atomic E-state index is -0.389. The lowest BCUT2D eigenvalue weighted by Crippen LogP contribution is -2.11. The van der Waals surface area contributed by atoms with Crippen molar-refractivity contribution in [2.45, 2.75) is 27.3 Å². The summed E-state index contributed by atoms with van der Waals surface area (Å²) in [5, 5.41) is 3.15. The molecule has 0 fully saturated rings. The first kappa shape index (κ1) is 15.0. The lowest BCUT2D eigenvalue weighted by atomic mass is 10.1. The van der Waals surface area contributed by atoms with Crippen LogP contribution in [0.1, 0.15) is 34.1 Å². The normalized spacial score (nSPS) is 10.2. The van der Waals surface area contributed by atoms with Crippen molar-refractivity contribution >= 4 is 11.9 Å². The fraction of sp³-hybridized carbons (Fsp3) is 0.312. The molecular formula is C16H19N3O2. The maximum Gasteiger partial charge on any atom is 0.341 e. The Bertz CT molecular complexity index is 641. The van der Waals surface area contributed by atoms with E-state index in [4.69, 9.17) is 4.74 Å². The van der Waals surface area contributed by atoms with Gasteiger partial charge in [0.1, 0.15) is 0 Å². The van der Waals surface area contributed by atoms with Crippen molar-refractivity contribution in [2.75, 3.05) is 11.9 Å². The molecule has 2 rings (SSSR count). The molecule has 0 atom stereocenters. The van der Waals surface area contributed by atoms with E-state index in [9.17, 15) is 4.79 Å². The number of nitrogens with zero attached hydrogens (tertiary/aromatic N) is 2. The van der Waals surface area contributed by atoms with E-state index >= 15 is 0 Å². The van der Waals surface area contributed by atoms with Crippen molar-refractivity contribution in [3.63, 3.8) is 0 Å². The first-order chi connectivity index (χ1) is 10.1. The van der Waals surface area contributed by atoms with Gasteiger partial charge in [0.05, 0.1) is 17.9 Å². The summed E-state index contributed by atoms with van der Waals surface area (Å²) >= 11 is 0. The SMILES string of the molecule is CCOC(=O)c1cnc(NCc2cccc(C)c2)nc1C. The summed E-state index contributed by atoms with van der Waals surface area (Å²) in [6, 6.07) is 8.22. The van der Waals surface area contributed by atoms with E-state index in [0.29, 0.717) is 30.4 Å². The summed E-state index contributed by atoms with van der Waals surface area (Å²) in [6.07, 6.45) is 1.50. The molecule has 5 nitrogen and oxygen atoms in total. The first-order valence-corrected chi connectivity index (χ1v) is 6.90. The Kier molecular flexibility index (Phi) is 4.87. The summed E-state index contributed by atoms with van der Waals surface area (Å²) in [5.41, 5.74) is 3.38. The van der Waals surface area contributed by atoms with Crippen LogP contribution in [0.15, 0.2) is 30.5 Å². The van der Waals surface area contributed by atoms with E-state index in [0.717, 1.165) is 5.56 Å². The van der Waals surface area contributed by atoms with Crippen LogP contribution in [0.3, 0.4) is 0 Å². The summed E-state index contributed by atoms with van der Waals surface area (Å²) in [4.78, 5) is 20.1. The number of hydrogen-bond acceptors (Lipinski definition) is 5. The van der Waals surface area contributed by atoms with Gasteiger partial charge in [0.15, 0.2) is 0 Å². The quantitative estimate of drug-likeness (QED) is 0.856. The fourth-order valence-electron chi connectivity index (χ4n) is 1.96. The maximum atomic E-state index is 11.7. The predicted octanol–water partition coefficient (Wildman–Crippen LogP) is 2.88. The van der Waals surface area contributed by atoms with Gasteiger partial charge in [0, 0.05) is 12.7 Å². The van der Waals surface area contributed by atoms with E-state index in [-0.39, 0.29) is 5.97 Å². The van der Waals surface area contributed by atoms with Gasteiger partial charge in [-0.3, -0.25) is 0 Å². The van der Waals surface area contributed by atoms with Crippen LogP contribution in [0.5, 0.6) is 0 Å². The highest BCUT2D eigenvalue weighted by Gasteiger charge is 2.12. The molecule has 21 heavy (non-hydrogen) atoms. The van der Waals surface area contributed by atoms with E-state index in [2.05, 4.69) is 34.3 Å². The molecule has 0 aliphatic heterocycles. The fourth-order valence-corrected chi connectivity index (χ4v) is 1.96. The molecule has 1 aromatic heterocycles. The molecule has 110 valence electrons. The molecule has 1 aromatic carbocycles. The van der Waals surface area contributed by atoms with E-state index in [1.54, 1.807) is 13.8 Å². The van der Waals surface area contributed by atoms with Crippen LogP contribution in [0.4, 0.5) is 5.95 Å². The number of rotatable bonds is 5. The summed E-state index contributed by atoms with van der Waals surface area (Å²) in [7, 11) is 0. The van der Waals surface area contributed by atoms with Gasteiger partial charge in [-0.25, -0.2) is 14.8 Å². The number of aryl methyl sites for hydroxylation is 2. The number of nitrogens with one attached hydrogen (secondary N) is 1. The third-order valence-corrected chi connectivity index (χ3v) is 3.01. The van der Waals surface area contributed by atoms with Crippen LogP contribution in [0, 0.1) is 13.8 Å². The van der Waals surface area contributed by atoms with Crippen molar-refractivity contribution in [1.29, 1.82) is 0 Å². The highest BCUT2D eigenvalue weighted by atomic mass is 16.5. The number of ether oxygens (including phenoxy) is 1. The number of carbonyl (C=O) groups is 1. The second-order valence-electron chi connectivity index (χ2n) is 4.76. The molecule has 0 bridgehead atoms. The third kappa shape index (κ3) is 4.02. The van der Waals surface area contributed by atoms with Gasteiger partial charge in [-0.1, -0.05) is 29.8 Å². The number of esters is 1. The van der Waals surface area contributed by atoms with Gasteiger partial charge >= 0.3 is 5.97 Å². The summed E-state index contributed by atoms with van der Waals surface area (Å²) in [5.74, 6) is 0.113. The number of aromatic nitrogens is 2. The molecule has 0 saturated heterocycles. The highest BCUT2D eigenvalue weighted by molar-refractivity contribution is 5.90. The Morgan fingerprint density at radius 2 is 2.14 bits per heavy atom. The number of hydrogen-bond donors (Lipinski definition) is 1. The molecule has 0 aliphatic rings. The summed E-state index contributed by atoms with van der Waals surface area (Å²) in [6.45, 7) is 6.57. The Morgan fingerprint density at radius 1 is 1.33 bits per heavy atom. The number of anilines is 1. The van der Waals surface area contributed by atoms with E-state index in [1.165, 1.54) is 11.8 Å². The smallest absolute Gasteiger partial charge is 0.341 e. The van der Waals surface area contributed by atoms with Gasteiger partial charge < -0.3 is 10.1 Å². The van der Waals surface area contributed by atoms with Gasteiger partial charge in [0.25, 0.3) is 0 Å². The van der Waals surface area contributed by atoms with Crippen LogP contribution in [0.2, 0.25) is 0 Å². The van der Waals surface area contributed by atoms with Crippen LogP contribution in [-0.2, 0) is 11.3 Å². The zero-order valence-corrected chi connectivity index (χ0v) is 12.5. The molecule has 2 aromatic rings. The predicted molar refractivity (Wildman–Crippen MR) is 81.2 cm³/mol. The molecular weight excluding hydrogens is 266 g/mol. The van der Waals surface area contributed by atoms with Crippen LogP contribution < -0.4 is 5.32 Å². The van der Waals surface area contributed by atoms with Gasteiger partial charge in [-0.15, -0.1) is 0 Å². The van der Waals surface area contributed by atoms with Crippen molar-refractivity contribution in [1.82, 2.24) is 9.97 Å². The lowest BCUT2D eigenvalue weighted by Gasteiger charge is -2.08. The largest absolute Gasteiger partial charge is 0.462 e. The minimum absolute atomic E-state index is 0.339.